The van der Waals surface area contributed by atoms with Crippen molar-refractivity contribution >= 4 is 11.6 Å². The molecular weight excluding hydrogens is 260 g/mol. The Balaban J connectivity index is 2.20. The van der Waals surface area contributed by atoms with Gasteiger partial charge in [0.15, 0.2) is 0 Å². The van der Waals surface area contributed by atoms with Crippen LogP contribution in [0.2, 0.25) is 5.02 Å². The van der Waals surface area contributed by atoms with Crippen LogP contribution in [0.5, 0.6) is 0 Å². The number of rotatable bonds is 4. The van der Waals surface area contributed by atoms with E-state index in [-0.39, 0.29) is 6.04 Å². The number of hydrogen-bond donors (Lipinski definition) is 2. The molecule has 0 aliphatic heterocycles. The minimum absolute atomic E-state index is 0.254. The van der Waals surface area contributed by atoms with Gasteiger partial charge < -0.3 is 0 Å². The molecule has 0 radical (unpaired) electrons. The van der Waals surface area contributed by atoms with E-state index < -0.39 is 0 Å². The van der Waals surface area contributed by atoms with Crippen molar-refractivity contribution in [2.45, 2.75) is 52.5 Å². The van der Waals surface area contributed by atoms with Gasteiger partial charge >= 0.3 is 0 Å². The number of hydrazine groups is 1. The molecular formula is C14H25ClN4. The highest BCUT2D eigenvalue weighted by atomic mass is 35.5. The maximum atomic E-state index is 6.34. The lowest BCUT2D eigenvalue weighted by atomic mass is 9.76. The summed E-state index contributed by atoms with van der Waals surface area (Å²) >= 11 is 6.34. The van der Waals surface area contributed by atoms with Crippen LogP contribution in [0.25, 0.3) is 0 Å². The van der Waals surface area contributed by atoms with Crippen LogP contribution >= 0.6 is 11.6 Å². The van der Waals surface area contributed by atoms with E-state index in [0.29, 0.717) is 11.3 Å². The third-order valence-electron chi connectivity index (χ3n) is 4.71. The monoisotopic (exact) mass is 284 g/mol. The van der Waals surface area contributed by atoms with Crippen molar-refractivity contribution < 1.29 is 0 Å². The van der Waals surface area contributed by atoms with E-state index in [2.05, 4.69) is 24.4 Å². The van der Waals surface area contributed by atoms with Gasteiger partial charge in [-0.3, -0.25) is 16.0 Å². The van der Waals surface area contributed by atoms with Gasteiger partial charge in [0.05, 0.1) is 16.4 Å². The average molecular weight is 285 g/mol. The molecule has 4 nitrogen and oxygen atoms in total. The SMILES string of the molecule is Cc1nn(C)c(CC(NN)C2CCCC2(C)C)c1Cl. The molecule has 0 saturated heterocycles. The first-order valence-electron chi connectivity index (χ1n) is 7.01. The molecule has 2 unspecified atom stereocenters. The van der Waals surface area contributed by atoms with Crippen LogP contribution in [0.15, 0.2) is 0 Å². The summed E-state index contributed by atoms with van der Waals surface area (Å²) in [7, 11) is 1.95. The van der Waals surface area contributed by atoms with Crippen molar-refractivity contribution in [3.8, 4) is 0 Å². The number of nitrogens with one attached hydrogen (secondary N) is 1. The fraction of sp³-hybridized carbons (Fsp3) is 0.786. The summed E-state index contributed by atoms with van der Waals surface area (Å²) in [5.74, 6) is 6.39. The van der Waals surface area contributed by atoms with Crippen molar-refractivity contribution in [1.82, 2.24) is 15.2 Å². The number of nitrogens with two attached hydrogens (primary N) is 1. The van der Waals surface area contributed by atoms with Crippen LogP contribution in [-0.4, -0.2) is 15.8 Å². The van der Waals surface area contributed by atoms with Crippen molar-refractivity contribution in [3.05, 3.63) is 16.4 Å². The average Bonchev–Trinajstić information content (AvgIpc) is 2.79. The van der Waals surface area contributed by atoms with Crippen LogP contribution in [0.1, 0.15) is 44.5 Å². The Morgan fingerprint density at radius 2 is 2.26 bits per heavy atom. The summed E-state index contributed by atoms with van der Waals surface area (Å²) < 4.78 is 1.88. The topological polar surface area (TPSA) is 55.9 Å². The summed E-state index contributed by atoms with van der Waals surface area (Å²) in [5.41, 5.74) is 5.32. The van der Waals surface area contributed by atoms with Crippen LogP contribution in [0.3, 0.4) is 0 Å². The molecule has 0 bridgehead atoms. The predicted octanol–water partition coefficient (Wildman–Crippen LogP) is 2.58. The Labute approximate surface area is 120 Å². The standard InChI is InChI=1S/C14H25ClN4/c1-9-13(15)12(19(4)18-9)8-11(17-16)10-6-5-7-14(10,2)3/h10-11,17H,5-8,16H2,1-4H3. The van der Waals surface area contributed by atoms with Gasteiger partial charge in [0.25, 0.3) is 0 Å². The first-order valence-corrected chi connectivity index (χ1v) is 7.38. The zero-order chi connectivity index (χ0) is 14.2. The zero-order valence-electron chi connectivity index (χ0n) is 12.3. The van der Waals surface area contributed by atoms with Gasteiger partial charge in [0.2, 0.25) is 0 Å². The number of halogens is 1. The van der Waals surface area contributed by atoms with Gasteiger partial charge in [-0.2, -0.15) is 5.10 Å². The lowest BCUT2D eigenvalue weighted by Gasteiger charge is -2.33. The highest BCUT2D eigenvalue weighted by molar-refractivity contribution is 6.31. The number of aromatic nitrogens is 2. The molecule has 1 heterocycles. The molecule has 3 N–H and O–H groups in total. The Hall–Kier alpha value is -0.580. The third-order valence-corrected chi connectivity index (χ3v) is 5.21. The fourth-order valence-electron chi connectivity index (χ4n) is 3.53. The van der Waals surface area contributed by atoms with E-state index in [1.54, 1.807) is 0 Å². The van der Waals surface area contributed by atoms with E-state index in [9.17, 15) is 0 Å². The van der Waals surface area contributed by atoms with E-state index in [1.165, 1.54) is 19.3 Å². The molecule has 0 amide bonds. The Morgan fingerprint density at radius 1 is 1.58 bits per heavy atom. The molecule has 2 rings (SSSR count). The second-order valence-electron chi connectivity index (χ2n) is 6.43. The number of nitrogens with zero attached hydrogens (tertiary/aromatic N) is 2. The molecule has 1 fully saturated rings. The van der Waals surface area contributed by atoms with Crippen LogP contribution in [0.4, 0.5) is 0 Å². The lowest BCUT2D eigenvalue weighted by molar-refractivity contribution is 0.195. The van der Waals surface area contributed by atoms with Crippen LogP contribution in [-0.2, 0) is 13.5 Å². The largest absolute Gasteiger partial charge is 0.271 e. The molecule has 19 heavy (non-hydrogen) atoms. The van der Waals surface area contributed by atoms with Crippen molar-refractivity contribution in [2.24, 2.45) is 24.2 Å². The molecule has 0 aromatic carbocycles. The van der Waals surface area contributed by atoms with Gasteiger partial charge in [-0.15, -0.1) is 0 Å². The summed E-state index contributed by atoms with van der Waals surface area (Å²) in [5, 5.41) is 5.15. The van der Waals surface area contributed by atoms with Gasteiger partial charge in [0.1, 0.15) is 0 Å². The van der Waals surface area contributed by atoms with Crippen molar-refractivity contribution in [2.75, 3.05) is 0 Å². The summed E-state index contributed by atoms with van der Waals surface area (Å²) in [4.78, 5) is 0. The highest BCUT2D eigenvalue weighted by Gasteiger charge is 2.39. The Morgan fingerprint density at radius 3 is 2.68 bits per heavy atom. The molecule has 1 aromatic heterocycles. The van der Waals surface area contributed by atoms with Gasteiger partial charge in [-0.25, -0.2) is 0 Å². The smallest absolute Gasteiger partial charge is 0.0847 e. The minimum Gasteiger partial charge on any atom is -0.271 e. The second kappa shape index (κ2) is 5.43. The van der Waals surface area contributed by atoms with E-state index in [1.807, 2.05) is 18.7 Å². The molecule has 1 aliphatic rings. The molecule has 5 heteroatoms. The van der Waals surface area contributed by atoms with Gasteiger partial charge in [-0.05, 0) is 31.1 Å². The molecule has 1 aliphatic carbocycles. The summed E-state index contributed by atoms with van der Waals surface area (Å²) in [6, 6.07) is 0.254. The zero-order valence-corrected chi connectivity index (χ0v) is 13.1. The van der Waals surface area contributed by atoms with E-state index >= 15 is 0 Å². The van der Waals surface area contributed by atoms with Crippen LogP contribution in [0, 0.1) is 18.3 Å². The van der Waals surface area contributed by atoms with Gasteiger partial charge in [-0.1, -0.05) is 31.9 Å². The van der Waals surface area contributed by atoms with Crippen molar-refractivity contribution in [3.63, 3.8) is 0 Å². The molecule has 0 spiro atoms. The number of aryl methyl sites for hydroxylation is 2. The van der Waals surface area contributed by atoms with E-state index in [0.717, 1.165) is 22.8 Å². The van der Waals surface area contributed by atoms with Crippen molar-refractivity contribution in [1.29, 1.82) is 0 Å². The first kappa shape index (κ1) is 14.8. The quantitative estimate of drug-likeness (QED) is 0.660. The molecule has 108 valence electrons. The fourth-order valence-corrected chi connectivity index (χ4v) is 3.76. The molecule has 1 saturated carbocycles. The normalized spacial score (nSPS) is 23.8. The van der Waals surface area contributed by atoms with Gasteiger partial charge in [0, 0.05) is 19.5 Å². The highest BCUT2D eigenvalue weighted by Crippen LogP contribution is 2.45. The first-order chi connectivity index (χ1) is 8.86. The number of hydrogen-bond acceptors (Lipinski definition) is 3. The van der Waals surface area contributed by atoms with Crippen LogP contribution < -0.4 is 11.3 Å². The van der Waals surface area contributed by atoms with E-state index in [4.69, 9.17) is 17.4 Å². The predicted molar refractivity (Wildman–Crippen MR) is 78.9 cm³/mol. The maximum Gasteiger partial charge on any atom is 0.0847 e. The lowest BCUT2D eigenvalue weighted by Crippen LogP contribution is -2.46. The molecule has 1 aromatic rings. The minimum atomic E-state index is 0.254. The summed E-state index contributed by atoms with van der Waals surface area (Å²) in [6.45, 7) is 6.62. The Bertz CT molecular complexity index is 453. The summed E-state index contributed by atoms with van der Waals surface area (Å²) in [6.07, 6.45) is 4.62. The Kier molecular flexibility index (Phi) is 4.23. The third kappa shape index (κ3) is 2.81. The second-order valence-corrected chi connectivity index (χ2v) is 6.81. The molecule has 2 atom stereocenters. The maximum absolute atomic E-state index is 6.34.